The molecular weight excluding hydrogens is 240 g/mol. The summed E-state index contributed by atoms with van der Waals surface area (Å²) in [5, 5.41) is 1.14. The second-order valence-electron chi connectivity index (χ2n) is 5.01. The minimum atomic E-state index is 0.169. The van der Waals surface area contributed by atoms with Gasteiger partial charge in [-0.05, 0) is 39.3 Å². The van der Waals surface area contributed by atoms with Crippen LogP contribution in [0.25, 0.3) is 11.3 Å². The van der Waals surface area contributed by atoms with Crippen molar-refractivity contribution in [3.63, 3.8) is 0 Å². The lowest BCUT2D eigenvalue weighted by Crippen LogP contribution is -2.17. The number of hydrogen-bond donors (Lipinski definition) is 1. The summed E-state index contributed by atoms with van der Waals surface area (Å²) in [5.41, 5.74) is 10.8. The van der Waals surface area contributed by atoms with Gasteiger partial charge in [-0.15, -0.1) is 11.3 Å². The maximum Gasteiger partial charge on any atom is 0.0950 e. The minimum absolute atomic E-state index is 0.169. The van der Waals surface area contributed by atoms with Gasteiger partial charge in [-0.25, -0.2) is 4.98 Å². The van der Waals surface area contributed by atoms with Gasteiger partial charge < -0.3 is 5.73 Å². The lowest BCUT2D eigenvalue weighted by atomic mass is 10.0. The Morgan fingerprint density at radius 2 is 2.00 bits per heavy atom. The summed E-state index contributed by atoms with van der Waals surface area (Å²) in [6, 6.07) is 6.69. The van der Waals surface area contributed by atoms with Gasteiger partial charge in [0.05, 0.1) is 10.7 Å². The lowest BCUT2D eigenvalue weighted by molar-refractivity contribution is 0.734. The average Bonchev–Trinajstić information content (AvgIpc) is 2.62. The van der Waals surface area contributed by atoms with Gasteiger partial charge in [0.25, 0.3) is 0 Å². The molecule has 0 saturated heterocycles. The van der Waals surface area contributed by atoms with Crippen LogP contribution in [-0.4, -0.2) is 11.0 Å². The van der Waals surface area contributed by atoms with Crippen molar-refractivity contribution in [2.75, 3.05) is 0 Å². The van der Waals surface area contributed by atoms with E-state index in [2.05, 4.69) is 39.0 Å². The highest BCUT2D eigenvalue weighted by molar-refractivity contribution is 7.12. The molecule has 0 bridgehead atoms. The highest BCUT2D eigenvalue weighted by atomic mass is 32.1. The van der Waals surface area contributed by atoms with E-state index in [9.17, 15) is 0 Å². The normalized spacial score (nSPS) is 12.7. The zero-order valence-corrected chi connectivity index (χ0v) is 12.3. The van der Waals surface area contributed by atoms with Gasteiger partial charge in [-0.2, -0.15) is 0 Å². The van der Waals surface area contributed by atoms with E-state index in [1.54, 1.807) is 11.3 Å². The van der Waals surface area contributed by atoms with Crippen molar-refractivity contribution in [1.29, 1.82) is 0 Å². The van der Waals surface area contributed by atoms with Gasteiger partial charge in [0, 0.05) is 22.9 Å². The molecule has 96 valence electrons. The molecule has 0 saturated carbocycles. The fourth-order valence-corrected chi connectivity index (χ4v) is 3.14. The highest BCUT2D eigenvalue weighted by Gasteiger charge is 2.12. The molecule has 2 aromatic rings. The van der Waals surface area contributed by atoms with Crippen LogP contribution in [0.15, 0.2) is 18.2 Å². The van der Waals surface area contributed by atoms with Crippen LogP contribution in [0.5, 0.6) is 0 Å². The van der Waals surface area contributed by atoms with Crippen LogP contribution >= 0.6 is 11.3 Å². The van der Waals surface area contributed by atoms with E-state index in [0.717, 1.165) is 17.1 Å². The summed E-state index contributed by atoms with van der Waals surface area (Å²) in [6.45, 7) is 8.42. The van der Waals surface area contributed by atoms with Gasteiger partial charge in [0.1, 0.15) is 0 Å². The van der Waals surface area contributed by atoms with E-state index >= 15 is 0 Å². The second kappa shape index (κ2) is 5.21. The Kier molecular flexibility index (Phi) is 3.83. The molecule has 1 atom stereocenters. The molecule has 0 aliphatic heterocycles. The van der Waals surface area contributed by atoms with Crippen LogP contribution in [-0.2, 0) is 6.42 Å². The quantitative estimate of drug-likeness (QED) is 0.915. The summed E-state index contributed by atoms with van der Waals surface area (Å²) in [7, 11) is 0. The largest absolute Gasteiger partial charge is 0.328 e. The summed E-state index contributed by atoms with van der Waals surface area (Å²) in [6.07, 6.45) is 0.858. The monoisotopic (exact) mass is 260 g/mol. The van der Waals surface area contributed by atoms with Crippen molar-refractivity contribution >= 4 is 11.3 Å². The fourth-order valence-electron chi connectivity index (χ4n) is 2.05. The van der Waals surface area contributed by atoms with Crippen molar-refractivity contribution in [3.05, 3.63) is 39.2 Å². The molecule has 0 fully saturated rings. The van der Waals surface area contributed by atoms with E-state index in [1.165, 1.54) is 21.6 Å². The van der Waals surface area contributed by atoms with Crippen molar-refractivity contribution < 1.29 is 0 Å². The predicted octanol–water partition coefficient (Wildman–Crippen LogP) is 3.63. The van der Waals surface area contributed by atoms with Gasteiger partial charge >= 0.3 is 0 Å². The third-order valence-corrected chi connectivity index (χ3v) is 3.98. The number of thiazole rings is 1. The van der Waals surface area contributed by atoms with Gasteiger partial charge in [-0.1, -0.05) is 17.7 Å². The Bertz CT molecular complexity index is 556. The molecule has 1 aromatic carbocycles. The molecule has 2 N–H and O–H groups in total. The maximum absolute atomic E-state index is 5.84. The summed E-state index contributed by atoms with van der Waals surface area (Å²) in [4.78, 5) is 6.04. The molecule has 0 aliphatic rings. The number of aryl methyl sites for hydroxylation is 3. The number of nitrogens with zero attached hydrogens (tertiary/aromatic N) is 1. The standard InChI is InChI=1S/C15H20N2S/c1-9-5-6-10(2)13(7-9)15-12(4)18-14(17-15)8-11(3)16/h5-7,11H,8,16H2,1-4H3. The predicted molar refractivity (Wildman–Crippen MR) is 79.1 cm³/mol. The number of hydrogen-bond acceptors (Lipinski definition) is 3. The maximum atomic E-state index is 5.84. The molecule has 18 heavy (non-hydrogen) atoms. The summed E-state index contributed by atoms with van der Waals surface area (Å²) in [5.74, 6) is 0. The van der Waals surface area contributed by atoms with Crippen LogP contribution in [0.2, 0.25) is 0 Å². The first kappa shape index (κ1) is 13.2. The molecule has 1 unspecified atom stereocenters. The van der Waals surface area contributed by atoms with E-state index < -0.39 is 0 Å². The van der Waals surface area contributed by atoms with Crippen LogP contribution in [0.4, 0.5) is 0 Å². The zero-order chi connectivity index (χ0) is 13.3. The Hall–Kier alpha value is -1.19. The van der Waals surface area contributed by atoms with E-state index in [1.807, 2.05) is 6.92 Å². The van der Waals surface area contributed by atoms with Crippen molar-refractivity contribution in [3.8, 4) is 11.3 Å². The minimum Gasteiger partial charge on any atom is -0.328 e. The SMILES string of the molecule is Cc1ccc(C)c(-c2nc(CC(C)N)sc2C)c1. The fraction of sp³-hybridized carbons (Fsp3) is 0.400. The number of aromatic nitrogens is 1. The lowest BCUT2D eigenvalue weighted by Gasteiger charge is -2.05. The number of rotatable bonds is 3. The zero-order valence-electron chi connectivity index (χ0n) is 11.4. The first-order chi connectivity index (χ1) is 8.47. The van der Waals surface area contributed by atoms with Gasteiger partial charge in [0.15, 0.2) is 0 Å². The van der Waals surface area contributed by atoms with Crippen LogP contribution in [0, 0.1) is 20.8 Å². The molecule has 0 spiro atoms. The number of nitrogens with two attached hydrogens (primary N) is 1. The molecule has 2 rings (SSSR count). The van der Waals surface area contributed by atoms with E-state index in [4.69, 9.17) is 10.7 Å². The Balaban J connectivity index is 2.44. The molecule has 1 aromatic heterocycles. The Morgan fingerprint density at radius 3 is 2.67 bits per heavy atom. The van der Waals surface area contributed by atoms with Crippen LogP contribution in [0.3, 0.4) is 0 Å². The topological polar surface area (TPSA) is 38.9 Å². The van der Waals surface area contributed by atoms with Crippen molar-refractivity contribution in [2.24, 2.45) is 5.73 Å². The molecule has 2 nitrogen and oxygen atoms in total. The van der Waals surface area contributed by atoms with Gasteiger partial charge in [-0.3, -0.25) is 0 Å². The molecule has 0 amide bonds. The van der Waals surface area contributed by atoms with E-state index in [-0.39, 0.29) is 6.04 Å². The molecule has 0 radical (unpaired) electrons. The van der Waals surface area contributed by atoms with Crippen molar-refractivity contribution in [2.45, 2.75) is 40.2 Å². The molecule has 0 aliphatic carbocycles. The first-order valence-electron chi connectivity index (χ1n) is 6.27. The smallest absolute Gasteiger partial charge is 0.0950 e. The summed E-state index contributed by atoms with van der Waals surface area (Å²) >= 11 is 1.76. The second-order valence-corrected chi connectivity index (χ2v) is 6.30. The number of benzene rings is 1. The molecule has 1 heterocycles. The third-order valence-electron chi connectivity index (χ3n) is 2.99. The summed E-state index contributed by atoms with van der Waals surface area (Å²) < 4.78 is 0. The molecular formula is C15H20N2S. The van der Waals surface area contributed by atoms with Crippen LogP contribution in [0.1, 0.15) is 27.9 Å². The van der Waals surface area contributed by atoms with E-state index in [0.29, 0.717) is 0 Å². The van der Waals surface area contributed by atoms with Gasteiger partial charge in [0.2, 0.25) is 0 Å². The highest BCUT2D eigenvalue weighted by Crippen LogP contribution is 2.30. The van der Waals surface area contributed by atoms with Crippen molar-refractivity contribution in [1.82, 2.24) is 4.98 Å². The average molecular weight is 260 g/mol. The first-order valence-corrected chi connectivity index (χ1v) is 7.08. The Morgan fingerprint density at radius 1 is 1.28 bits per heavy atom. The molecule has 3 heteroatoms. The third kappa shape index (κ3) is 2.79. The van der Waals surface area contributed by atoms with Crippen LogP contribution < -0.4 is 5.73 Å². The Labute approximate surface area is 113 Å².